The van der Waals surface area contributed by atoms with Gasteiger partial charge in [0, 0.05) is 17.1 Å². The predicted octanol–water partition coefficient (Wildman–Crippen LogP) is 1.90. The van der Waals surface area contributed by atoms with E-state index in [4.69, 9.17) is 10.2 Å². The summed E-state index contributed by atoms with van der Waals surface area (Å²) in [6.45, 7) is 3.31. The van der Waals surface area contributed by atoms with Crippen LogP contribution in [0, 0.1) is 6.92 Å². The Morgan fingerprint density at radius 1 is 1.43 bits per heavy atom. The smallest absolute Gasteiger partial charge is 0.335 e. The number of halogens is 1. The molecule has 0 saturated carbocycles. The lowest BCUT2D eigenvalue weighted by Gasteiger charge is -2.16. The fourth-order valence-corrected chi connectivity index (χ4v) is 4.16. The van der Waals surface area contributed by atoms with E-state index in [-0.39, 0.29) is 23.1 Å². The number of aromatic carboxylic acids is 1. The largest absolute Gasteiger partial charge is 0.478 e. The fraction of sp³-hybridized carbons (Fsp3) is 0.462. The van der Waals surface area contributed by atoms with Crippen LogP contribution < -0.4 is 4.72 Å². The van der Waals surface area contributed by atoms with Gasteiger partial charge in [0.15, 0.2) is 0 Å². The zero-order chi connectivity index (χ0) is 16.2. The number of carboxylic acids is 1. The number of rotatable bonds is 7. The number of aryl methyl sites for hydroxylation is 1. The number of hydrogen-bond donors (Lipinski definition) is 3. The lowest BCUT2D eigenvalue weighted by atomic mass is 10.1. The number of aliphatic hydroxyl groups excluding tert-OH is 1. The molecular weight excluding hydrogens is 362 g/mol. The van der Waals surface area contributed by atoms with E-state index in [1.165, 1.54) is 6.07 Å². The Hall–Kier alpha value is -0.960. The van der Waals surface area contributed by atoms with Crippen molar-refractivity contribution < 1.29 is 23.4 Å². The Kier molecular flexibility index (Phi) is 6.33. The summed E-state index contributed by atoms with van der Waals surface area (Å²) < 4.78 is 27.5. The van der Waals surface area contributed by atoms with E-state index in [0.717, 1.165) is 6.07 Å². The molecule has 0 aliphatic carbocycles. The van der Waals surface area contributed by atoms with Crippen LogP contribution in [0.25, 0.3) is 0 Å². The molecule has 6 nitrogen and oxygen atoms in total. The van der Waals surface area contributed by atoms with Crippen molar-refractivity contribution >= 4 is 31.9 Å². The summed E-state index contributed by atoms with van der Waals surface area (Å²) in [6, 6.07) is 2.17. The molecule has 0 spiro atoms. The number of hydrogen-bond acceptors (Lipinski definition) is 4. The molecule has 1 unspecified atom stereocenters. The molecule has 1 rings (SSSR count). The van der Waals surface area contributed by atoms with E-state index in [1.807, 2.05) is 0 Å². The molecule has 0 amide bonds. The van der Waals surface area contributed by atoms with E-state index < -0.39 is 16.0 Å². The highest BCUT2D eigenvalue weighted by molar-refractivity contribution is 9.10. The Morgan fingerprint density at radius 2 is 2.05 bits per heavy atom. The molecule has 0 aliphatic heterocycles. The van der Waals surface area contributed by atoms with Crippen LogP contribution in [0.3, 0.4) is 0 Å². The Balaban J connectivity index is 3.16. The van der Waals surface area contributed by atoms with Crippen molar-refractivity contribution in [2.45, 2.75) is 37.6 Å². The second kappa shape index (κ2) is 7.35. The maximum absolute atomic E-state index is 12.4. The van der Waals surface area contributed by atoms with Gasteiger partial charge in [0.1, 0.15) is 0 Å². The first kappa shape index (κ1) is 18.1. The molecule has 118 valence electrons. The summed E-state index contributed by atoms with van der Waals surface area (Å²) in [7, 11) is -3.84. The molecule has 8 heteroatoms. The summed E-state index contributed by atoms with van der Waals surface area (Å²) in [5.41, 5.74) is 0.442. The van der Waals surface area contributed by atoms with Crippen LogP contribution in [0.2, 0.25) is 0 Å². The summed E-state index contributed by atoms with van der Waals surface area (Å²) in [5, 5.41) is 17.8. The maximum Gasteiger partial charge on any atom is 0.335 e. The third-order valence-electron chi connectivity index (χ3n) is 2.91. The average molecular weight is 380 g/mol. The lowest BCUT2D eigenvalue weighted by Crippen LogP contribution is -2.33. The zero-order valence-corrected chi connectivity index (χ0v) is 14.2. The molecule has 0 bridgehead atoms. The molecule has 0 saturated heterocycles. The van der Waals surface area contributed by atoms with Gasteiger partial charge in [0.05, 0.1) is 10.5 Å². The van der Waals surface area contributed by atoms with Gasteiger partial charge in [-0.15, -0.1) is 0 Å². The van der Waals surface area contributed by atoms with Gasteiger partial charge in [-0.3, -0.25) is 0 Å². The first-order valence-electron chi connectivity index (χ1n) is 6.35. The Morgan fingerprint density at radius 3 is 2.57 bits per heavy atom. The molecule has 3 N–H and O–H groups in total. The number of aliphatic hydroxyl groups is 1. The second-order valence-electron chi connectivity index (χ2n) is 4.80. The topological polar surface area (TPSA) is 104 Å². The lowest BCUT2D eigenvalue weighted by molar-refractivity contribution is 0.0696. The number of benzene rings is 1. The Labute approximate surface area is 132 Å². The summed E-state index contributed by atoms with van der Waals surface area (Å²) in [5.74, 6) is -1.18. The van der Waals surface area contributed by atoms with Crippen molar-refractivity contribution in [3.63, 3.8) is 0 Å². The standard InChI is InChI=1S/C13H18BrNO5S/c1-8-6-10(13(17)18)7-11(12(8)14)21(19,20)15-9(2)4-3-5-16/h6-7,9,15-16H,3-5H2,1-2H3,(H,17,18). The van der Waals surface area contributed by atoms with Crippen LogP contribution in [0.15, 0.2) is 21.5 Å². The van der Waals surface area contributed by atoms with Crippen LogP contribution in [0.5, 0.6) is 0 Å². The summed E-state index contributed by atoms with van der Waals surface area (Å²) >= 11 is 3.19. The molecule has 21 heavy (non-hydrogen) atoms. The number of carbonyl (C=O) groups is 1. The number of sulfonamides is 1. The highest BCUT2D eigenvalue weighted by atomic mass is 79.9. The van der Waals surface area contributed by atoms with Crippen molar-refractivity contribution in [1.82, 2.24) is 4.72 Å². The second-order valence-corrected chi connectivity index (χ2v) is 7.27. The van der Waals surface area contributed by atoms with Crippen molar-refractivity contribution in [1.29, 1.82) is 0 Å². The molecule has 0 heterocycles. The van der Waals surface area contributed by atoms with Crippen molar-refractivity contribution in [2.24, 2.45) is 0 Å². The minimum atomic E-state index is -3.84. The van der Waals surface area contributed by atoms with Gasteiger partial charge >= 0.3 is 5.97 Å². The van der Waals surface area contributed by atoms with Crippen LogP contribution in [0.1, 0.15) is 35.7 Å². The van der Waals surface area contributed by atoms with Crippen molar-refractivity contribution in [3.8, 4) is 0 Å². The van der Waals surface area contributed by atoms with E-state index in [0.29, 0.717) is 22.9 Å². The molecule has 1 aromatic rings. The molecule has 0 aromatic heterocycles. The van der Waals surface area contributed by atoms with Crippen molar-refractivity contribution in [2.75, 3.05) is 6.61 Å². The van der Waals surface area contributed by atoms with E-state index in [2.05, 4.69) is 20.7 Å². The van der Waals surface area contributed by atoms with Gasteiger partial charge in [-0.05, 0) is 60.3 Å². The highest BCUT2D eigenvalue weighted by Gasteiger charge is 2.23. The Bertz CT molecular complexity index is 630. The van der Waals surface area contributed by atoms with Crippen LogP contribution >= 0.6 is 15.9 Å². The van der Waals surface area contributed by atoms with Gasteiger partial charge < -0.3 is 10.2 Å². The van der Waals surface area contributed by atoms with Crippen LogP contribution in [0.4, 0.5) is 0 Å². The highest BCUT2D eigenvalue weighted by Crippen LogP contribution is 2.27. The van der Waals surface area contributed by atoms with E-state index in [1.54, 1.807) is 13.8 Å². The maximum atomic E-state index is 12.4. The number of nitrogens with one attached hydrogen (secondary N) is 1. The minimum Gasteiger partial charge on any atom is -0.478 e. The molecule has 1 aromatic carbocycles. The summed E-state index contributed by atoms with van der Waals surface area (Å²) in [6.07, 6.45) is 0.976. The SMILES string of the molecule is Cc1cc(C(=O)O)cc(S(=O)(=O)NC(C)CCCO)c1Br. The molecule has 0 fully saturated rings. The van der Waals surface area contributed by atoms with Crippen LogP contribution in [-0.2, 0) is 10.0 Å². The average Bonchev–Trinajstić information content (AvgIpc) is 2.38. The van der Waals surface area contributed by atoms with Gasteiger partial charge in [0.2, 0.25) is 10.0 Å². The first-order chi connectivity index (χ1) is 9.69. The normalized spacial score (nSPS) is 13.1. The third-order valence-corrected chi connectivity index (χ3v) is 5.84. The van der Waals surface area contributed by atoms with E-state index in [9.17, 15) is 13.2 Å². The third kappa shape index (κ3) is 4.77. The first-order valence-corrected chi connectivity index (χ1v) is 8.63. The zero-order valence-electron chi connectivity index (χ0n) is 11.8. The fourth-order valence-electron chi connectivity index (χ4n) is 1.84. The van der Waals surface area contributed by atoms with Crippen LogP contribution in [-0.4, -0.2) is 37.2 Å². The van der Waals surface area contributed by atoms with Crippen molar-refractivity contribution in [3.05, 3.63) is 27.7 Å². The van der Waals surface area contributed by atoms with Gasteiger partial charge in [-0.1, -0.05) is 0 Å². The minimum absolute atomic E-state index is 0.0105. The monoisotopic (exact) mass is 379 g/mol. The summed E-state index contributed by atoms with van der Waals surface area (Å²) in [4.78, 5) is 10.9. The van der Waals surface area contributed by atoms with Gasteiger partial charge in [-0.2, -0.15) is 0 Å². The van der Waals surface area contributed by atoms with Gasteiger partial charge in [-0.25, -0.2) is 17.9 Å². The molecule has 1 atom stereocenters. The molecular formula is C13H18BrNO5S. The molecule has 0 radical (unpaired) electrons. The number of carboxylic acid groups (broad SMARTS) is 1. The quantitative estimate of drug-likeness (QED) is 0.670. The predicted molar refractivity (Wildman–Crippen MR) is 81.9 cm³/mol. The van der Waals surface area contributed by atoms with Gasteiger partial charge in [0.25, 0.3) is 0 Å². The molecule has 0 aliphatic rings. The van der Waals surface area contributed by atoms with E-state index >= 15 is 0 Å².